The lowest BCUT2D eigenvalue weighted by Crippen LogP contribution is -2.36. The van der Waals surface area contributed by atoms with E-state index >= 15 is 0 Å². The smallest absolute Gasteiger partial charge is 0.247 e. The predicted molar refractivity (Wildman–Crippen MR) is 128 cm³/mol. The van der Waals surface area contributed by atoms with E-state index in [4.69, 9.17) is 21.3 Å². The highest BCUT2D eigenvalue weighted by molar-refractivity contribution is 7.99. The van der Waals surface area contributed by atoms with E-state index in [1.807, 2.05) is 32.0 Å². The van der Waals surface area contributed by atoms with Crippen molar-refractivity contribution >= 4 is 35.0 Å². The number of unbranched alkanes of at least 4 members (excludes halogenated alkanes) is 1. The Balaban J connectivity index is 1.92. The first-order valence-electron chi connectivity index (χ1n) is 10.6. The second-order valence-corrected chi connectivity index (χ2v) is 9.34. The Morgan fingerprint density at radius 3 is 2.62 bits per heavy atom. The molecule has 0 fully saturated rings. The standard InChI is InChI=1S/C24H25ClN4O2S/c1-5-6-11-32-24-26-22-20(27-28-24)19-13-14(2)12-15(3)21(19)29(16(4)30)23(31-22)17-7-9-18(25)10-8-17/h7-10,12-13,23H,5-6,11H2,1-4H3. The number of carbonyl (C=O) groups is 1. The van der Waals surface area contributed by atoms with Gasteiger partial charge in [0.1, 0.15) is 0 Å². The van der Waals surface area contributed by atoms with E-state index in [0.29, 0.717) is 21.8 Å². The van der Waals surface area contributed by atoms with E-state index in [9.17, 15) is 4.79 Å². The molecule has 0 saturated heterocycles. The molecule has 166 valence electrons. The van der Waals surface area contributed by atoms with Crippen LogP contribution in [-0.4, -0.2) is 26.8 Å². The lowest BCUT2D eigenvalue weighted by Gasteiger charge is -2.31. The highest BCUT2D eigenvalue weighted by atomic mass is 35.5. The van der Waals surface area contributed by atoms with Crippen molar-refractivity contribution in [3.05, 3.63) is 58.1 Å². The summed E-state index contributed by atoms with van der Waals surface area (Å²) in [6.07, 6.45) is 1.45. The van der Waals surface area contributed by atoms with Crippen molar-refractivity contribution in [3.8, 4) is 17.1 Å². The summed E-state index contributed by atoms with van der Waals surface area (Å²) in [6.45, 7) is 7.69. The molecule has 1 unspecified atom stereocenters. The number of carbonyl (C=O) groups excluding carboxylic acids is 1. The van der Waals surface area contributed by atoms with Crippen LogP contribution in [0.5, 0.6) is 5.88 Å². The lowest BCUT2D eigenvalue weighted by molar-refractivity contribution is -0.118. The average molecular weight is 469 g/mol. The van der Waals surface area contributed by atoms with Gasteiger partial charge < -0.3 is 4.74 Å². The van der Waals surface area contributed by atoms with Gasteiger partial charge in [-0.05, 0) is 44.0 Å². The van der Waals surface area contributed by atoms with Gasteiger partial charge in [0.05, 0.1) is 5.69 Å². The number of halogens is 1. The third-order valence-electron chi connectivity index (χ3n) is 5.26. The van der Waals surface area contributed by atoms with Crippen LogP contribution in [0.4, 0.5) is 5.69 Å². The summed E-state index contributed by atoms with van der Waals surface area (Å²) in [6, 6.07) is 11.4. The van der Waals surface area contributed by atoms with Crippen LogP contribution in [0, 0.1) is 13.8 Å². The maximum atomic E-state index is 13.0. The molecule has 0 saturated carbocycles. The molecule has 0 N–H and O–H groups in total. The van der Waals surface area contributed by atoms with Gasteiger partial charge in [0.2, 0.25) is 23.2 Å². The van der Waals surface area contributed by atoms with Crippen molar-refractivity contribution in [2.24, 2.45) is 0 Å². The van der Waals surface area contributed by atoms with E-state index in [-0.39, 0.29) is 5.91 Å². The number of amides is 1. The number of aryl methyl sites for hydroxylation is 2. The molecule has 6 nitrogen and oxygen atoms in total. The normalized spacial score (nSPS) is 14.9. The first-order chi connectivity index (χ1) is 15.4. The molecular formula is C24H25ClN4O2S. The molecular weight excluding hydrogens is 444 g/mol. The van der Waals surface area contributed by atoms with Crippen LogP contribution in [0.3, 0.4) is 0 Å². The number of rotatable bonds is 5. The molecule has 0 aliphatic carbocycles. The number of ether oxygens (including phenoxy) is 1. The number of anilines is 1. The number of aromatic nitrogens is 3. The molecule has 32 heavy (non-hydrogen) atoms. The molecule has 2 aromatic carbocycles. The third kappa shape index (κ3) is 4.45. The molecule has 0 bridgehead atoms. The monoisotopic (exact) mass is 468 g/mol. The van der Waals surface area contributed by atoms with E-state index in [2.05, 4.69) is 23.2 Å². The fourth-order valence-electron chi connectivity index (χ4n) is 3.82. The quantitative estimate of drug-likeness (QED) is 0.330. The number of thioether (sulfide) groups is 1. The predicted octanol–water partition coefficient (Wildman–Crippen LogP) is 6.15. The molecule has 1 aromatic heterocycles. The number of benzene rings is 2. The fraction of sp³-hybridized carbons (Fsp3) is 0.333. The summed E-state index contributed by atoms with van der Waals surface area (Å²) in [4.78, 5) is 19.3. The summed E-state index contributed by atoms with van der Waals surface area (Å²) in [5.41, 5.74) is 4.88. The number of nitrogens with zero attached hydrogens (tertiary/aromatic N) is 4. The summed E-state index contributed by atoms with van der Waals surface area (Å²) in [5, 5.41) is 10.0. The average Bonchev–Trinajstić information content (AvgIpc) is 2.89. The van der Waals surface area contributed by atoms with Crippen LogP contribution in [0.25, 0.3) is 11.3 Å². The van der Waals surface area contributed by atoms with Crippen LogP contribution in [0.2, 0.25) is 5.02 Å². The third-order valence-corrected chi connectivity index (χ3v) is 6.43. The zero-order valence-electron chi connectivity index (χ0n) is 18.6. The minimum Gasteiger partial charge on any atom is -0.447 e. The SMILES string of the molecule is CCCCSc1nnc2c(n1)OC(c1ccc(Cl)cc1)N(C(C)=O)c1c(C)cc(C)cc1-2. The van der Waals surface area contributed by atoms with Gasteiger partial charge in [0, 0.05) is 28.8 Å². The van der Waals surface area contributed by atoms with Crippen molar-refractivity contribution < 1.29 is 9.53 Å². The Bertz CT molecular complexity index is 1150. The molecule has 1 amide bonds. The second-order valence-electron chi connectivity index (χ2n) is 7.84. The highest BCUT2D eigenvalue weighted by Crippen LogP contribution is 2.45. The van der Waals surface area contributed by atoms with Crippen molar-refractivity contribution in [2.45, 2.75) is 51.9 Å². The largest absolute Gasteiger partial charge is 0.447 e. The van der Waals surface area contributed by atoms with Crippen LogP contribution in [0.1, 0.15) is 49.6 Å². The molecule has 0 radical (unpaired) electrons. The second kappa shape index (κ2) is 9.46. The van der Waals surface area contributed by atoms with Crippen LogP contribution in [-0.2, 0) is 4.79 Å². The van der Waals surface area contributed by atoms with Crippen molar-refractivity contribution in [1.29, 1.82) is 0 Å². The molecule has 2 heterocycles. The zero-order valence-corrected chi connectivity index (χ0v) is 20.1. The Hall–Kier alpha value is -2.64. The number of hydrogen-bond acceptors (Lipinski definition) is 6. The number of hydrogen-bond donors (Lipinski definition) is 0. The molecule has 8 heteroatoms. The van der Waals surface area contributed by atoms with Crippen molar-refractivity contribution in [1.82, 2.24) is 15.2 Å². The molecule has 1 aliphatic rings. The molecule has 1 aliphatic heterocycles. The van der Waals surface area contributed by atoms with Gasteiger partial charge >= 0.3 is 0 Å². The first kappa shape index (κ1) is 22.6. The van der Waals surface area contributed by atoms with Gasteiger partial charge in [-0.25, -0.2) is 0 Å². The van der Waals surface area contributed by atoms with Gasteiger partial charge in [0.15, 0.2) is 5.69 Å². The fourth-order valence-corrected chi connectivity index (χ4v) is 4.81. The minimum absolute atomic E-state index is 0.142. The van der Waals surface area contributed by atoms with Crippen LogP contribution >= 0.6 is 23.4 Å². The van der Waals surface area contributed by atoms with Gasteiger partial charge in [0.25, 0.3) is 0 Å². The van der Waals surface area contributed by atoms with E-state index < -0.39 is 6.23 Å². The van der Waals surface area contributed by atoms with E-state index in [1.54, 1.807) is 28.8 Å². The van der Waals surface area contributed by atoms with Gasteiger partial charge in [-0.1, -0.05) is 60.5 Å². The Labute approximate surface area is 197 Å². The van der Waals surface area contributed by atoms with Gasteiger partial charge in [-0.2, -0.15) is 4.98 Å². The summed E-state index contributed by atoms with van der Waals surface area (Å²) in [7, 11) is 0. The van der Waals surface area contributed by atoms with Crippen molar-refractivity contribution in [3.63, 3.8) is 0 Å². The minimum atomic E-state index is -0.712. The maximum Gasteiger partial charge on any atom is 0.247 e. The number of fused-ring (bicyclic) bond motifs is 3. The highest BCUT2D eigenvalue weighted by Gasteiger charge is 2.35. The molecule has 3 aromatic rings. The Morgan fingerprint density at radius 1 is 1.19 bits per heavy atom. The van der Waals surface area contributed by atoms with Gasteiger partial charge in [-0.15, -0.1) is 10.2 Å². The molecule has 1 atom stereocenters. The van der Waals surface area contributed by atoms with E-state index in [1.165, 1.54) is 6.92 Å². The Kier molecular flexibility index (Phi) is 6.67. The van der Waals surface area contributed by atoms with Gasteiger partial charge in [-0.3, -0.25) is 9.69 Å². The van der Waals surface area contributed by atoms with Crippen LogP contribution in [0.15, 0.2) is 41.6 Å². The summed E-state index contributed by atoms with van der Waals surface area (Å²) < 4.78 is 6.42. The molecule has 4 rings (SSSR count). The topological polar surface area (TPSA) is 68.2 Å². The van der Waals surface area contributed by atoms with Crippen molar-refractivity contribution in [2.75, 3.05) is 10.7 Å². The summed E-state index contributed by atoms with van der Waals surface area (Å²) >= 11 is 7.67. The summed E-state index contributed by atoms with van der Waals surface area (Å²) in [5.74, 6) is 1.14. The van der Waals surface area contributed by atoms with E-state index in [0.717, 1.165) is 46.5 Å². The maximum absolute atomic E-state index is 13.0. The lowest BCUT2D eigenvalue weighted by atomic mass is 10.00. The molecule has 0 spiro atoms. The first-order valence-corrected chi connectivity index (χ1v) is 12.0. The Morgan fingerprint density at radius 2 is 1.94 bits per heavy atom. The van der Waals surface area contributed by atoms with Crippen LogP contribution < -0.4 is 9.64 Å². The zero-order chi connectivity index (χ0) is 22.8.